The molecule has 0 aliphatic carbocycles. The van der Waals surface area contributed by atoms with Crippen LogP contribution >= 0.6 is 0 Å². The second-order valence-electron chi connectivity index (χ2n) is 6.16. The topological polar surface area (TPSA) is 46.9 Å². The van der Waals surface area contributed by atoms with Crippen LogP contribution in [0.4, 0.5) is 0 Å². The van der Waals surface area contributed by atoms with Gasteiger partial charge in [0.25, 0.3) is 0 Å². The third-order valence-corrected chi connectivity index (χ3v) is 4.42. The summed E-state index contributed by atoms with van der Waals surface area (Å²) in [5.74, 6) is -0.0315. The number of carbonyl (C=O) groups is 1. The smallest absolute Gasteiger partial charge is 0.240 e. The van der Waals surface area contributed by atoms with Crippen molar-refractivity contribution >= 4 is 16.9 Å². The lowest BCUT2D eigenvalue weighted by Gasteiger charge is -2.11. The number of hydrogen-bond acceptors (Lipinski definition) is 2. The minimum Gasteiger partial charge on any atom is -0.350 e. The summed E-state index contributed by atoms with van der Waals surface area (Å²) >= 11 is 0. The number of imidazole rings is 1. The Morgan fingerprint density at radius 2 is 1.62 bits per heavy atom. The molecule has 0 unspecified atom stereocenters. The van der Waals surface area contributed by atoms with Crippen LogP contribution in [-0.2, 0) is 17.9 Å². The monoisotopic (exact) mass is 341 g/mol. The number of fused-ring (bicyclic) bond motifs is 1. The molecule has 26 heavy (non-hydrogen) atoms. The quantitative estimate of drug-likeness (QED) is 0.596. The Balaban J connectivity index is 1.47. The predicted octanol–water partition coefficient (Wildman–Crippen LogP) is 4.02. The van der Waals surface area contributed by atoms with Gasteiger partial charge in [-0.2, -0.15) is 0 Å². The molecule has 0 fully saturated rings. The second kappa shape index (κ2) is 7.23. The van der Waals surface area contributed by atoms with Crippen LogP contribution in [-0.4, -0.2) is 15.5 Å². The number of amides is 1. The van der Waals surface area contributed by atoms with Crippen molar-refractivity contribution in [3.63, 3.8) is 0 Å². The van der Waals surface area contributed by atoms with E-state index in [9.17, 15) is 4.79 Å². The first kappa shape index (κ1) is 16.1. The van der Waals surface area contributed by atoms with Gasteiger partial charge in [-0.25, -0.2) is 4.98 Å². The third kappa shape index (κ3) is 3.35. The van der Waals surface area contributed by atoms with Crippen molar-refractivity contribution in [3.05, 3.63) is 90.8 Å². The zero-order valence-electron chi connectivity index (χ0n) is 14.3. The van der Waals surface area contributed by atoms with Gasteiger partial charge in [0.2, 0.25) is 5.91 Å². The number of aromatic nitrogens is 2. The number of hydrogen-bond donors (Lipinski definition) is 1. The molecule has 1 heterocycles. The molecule has 0 spiro atoms. The number of nitrogens with zero attached hydrogens (tertiary/aromatic N) is 2. The summed E-state index contributed by atoms with van der Waals surface area (Å²) in [6.45, 7) is 0.755. The minimum atomic E-state index is -0.0315. The maximum absolute atomic E-state index is 12.4. The van der Waals surface area contributed by atoms with Gasteiger partial charge in [-0.05, 0) is 28.8 Å². The number of nitrogens with one attached hydrogen (secondary N) is 1. The fourth-order valence-electron chi connectivity index (χ4n) is 3.11. The average Bonchev–Trinajstić information content (AvgIpc) is 3.10. The summed E-state index contributed by atoms with van der Waals surface area (Å²) in [6.07, 6.45) is 1.71. The Kier molecular flexibility index (Phi) is 4.48. The van der Waals surface area contributed by atoms with Crippen LogP contribution in [0, 0.1) is 0 Å². The summed E-state index contributed by atoms with van der Waals surface area (Å²) in [4.78, 5) is 16.7. The molecular weight excluding hydrogens is 322 g/mol. The number of carbonyl (C=O) groups excluding carboxylic acids is 1. The molecule has 0 saturated heterocycles. The first-order valence-electron chi connectivity index (χ1n) is 8.61. The van der Waals surface area contributed by atoms with E-state index < -0.39 is 0 Å². The second-order valence-corrected chi connectivity index (χ2v) is 6.16. The Bertz CT molecular complexity index is 1040. The van der Waals surface area contributed by atoms with E-state index in [1.807, 2.05) is 59.2 Å². The Morgan fingerprint density at radius 1 is 0.885 bits per heavy atom. The minimum absolute atomic E-state index is 0.0315. The maximum atomic E-state index is 12.4. The highest BCUT2D eigenvalue weighted by atomic mass is 16.1. The van der Waals surface area contributed by atoms with E-state index >= 15 is 0 Å². The van der Waals surface area contributed by atoms with Gasteiger partial charge in [0.1, 0.15) is 6.54 Å². The molecule has 1 amide bonds. The van der Waals surface area contributed by atoms with E-state index in [-0.39, 0.29) is 12.5 Å². The molecule has 1 aromatic heterocycles. The van der Waals surface area contributed by atoms with E-state index in [2.05, 4.69) is 34.6 Å². The molecule has 128 valence electrons. The van der Waals surface area contributed by atoms with E-state index in [0.717, 1.165) is 27.7 Å². The maximum Gasteiger partial charge on any atom is 0.240 e. The summed E-state index contributed by atoms with van der Waals surface area (Å²) in [7, 11) is 0. The summed E-state index contributed by atoms with van der Waals surface area (Å²) in [5.41, 5.74) is 5.25. The Labute approximate surface area is 152 Å². The van der Waals surface area contributed by atoms with Crippen LogP contribution in [0.25, 0.3) is 22.2 Å². The van der Waals surface area contributed by atoms with Crippen molar-refractivity contribution in [2.75, 3.05) is 0 Å². The number of para-hydroxylation sites is 2. The highest BCUT2D eigenvalue weighted by Gasteiger charge is 2.09. The fraction of sp³-hybridized carbons (Fsp3) is 0.0909. The fourth-order valence-corrected chi connectivity index (χ4v) is 3.11. The van der Waals surface area contributed by atoms with Gasteiger partial charge in [0.05, 0.1) is 17.4 Å². The van der Waals surface area contributed by atoms with Crippen LogP contribution in [0.1, 0.15) is 5.56 Å². The molecule has 4 rings (SSSR count). The van der Waals surface area contributed by atoms with Crippen LogP contribution in [0.15, 0.2) is 85.2 Å². The molecule has 0 saturated carbocycles. The summed E-state index contributed by atoms with van der Waals surface area (Å²) in [6, 6.07) is 26.2. The van der Waals surface area contributed by atoms with Crippen molar-refractivity contribution in [1.82, 2.24) is 14.9 Å². The van der Waals surface area contributed by atoms with Gasteiger partial charge in [-0.15, -0.1) is 0 Å². The highest BCUT2D eigenvalue weighted by molar-refractivity contribution is 5.80. The van der Waals surface area contributed by atoms with Crippen LogP contribution < -0.4 is 5.32 Å². The van der Waals surface area contributed by atoms with Gasteiger partial charge in [0.15, 0.2) is 0 Å². The SMILES string of the molecule is O=C(Cn1cnc2ccccc21)NCc1ccccc1-c1ccccc1. The van der Waals surface area contributed by atoms with Crippen molar-refractivity contribution < 1.29 is 4.79 Å². The molecular formula is C22H19N3O. The molecule has 0 bridgehead atoms. The molecule has 4 aromatic rings. The lowest BCUT2D eigenvalue weighted by Crippen LogP contribution is -2.27. The zero-order chi connectivity index (χ0) is 17.8. The lowest BCUT2D eigenvalue weighted by molar-refractivity contribution is -0.121. The first-order valence-corrected chi connectivity index (χ1v) is 8.61. The molecule has 4 nitrogen and oxygen atoms in total. The molecule has 0 aliphatic heterocycles. The van der Waals surface area contributed by atoms with Crippen LogP contribution in [0.5, 0.6) is 0 Å². The molecule has 0 radical (unpaired) electrons. The summed E-state index contributed by atoms with van der Waals surface area (Å²) < 4.78 is 1.87. The average molecular weight is 341 g/mol. The van der Waals surface area contributed by atoms with Crippen LogP contribution in [0.2, 0.25) is 0 Å². The van der Waals surface area contributed by atoms with E-state index in [1.54, 1.807) is 6.33 Å². The van der Waals surface area contributed by atoms with Crippen molar-refractivity contribution in [1.29, 1.82) is 0 Å². The molecule has 0 aliphatic rings. The number of benzene rings is 3. The molecule has 4 heteroatoms. The van der Waals surface area contributed by atoms with E-state index in [4.69, 9.17) is 0 Å². The zero-order valence-corrected chi connectivity index (χ0v) is 14.3. The van der Waals surface area contributed by atoms with E-state index in [1.165, 1.54) is 0 Å². The molecule has 0 atom stereocenters. The largest absolute Gasteiger partial charge is 0.350 e. The first-order chi connectivity index (χ1) is 12.8. The Hall–Kier alpha value is -3.40. The van der Waals surface area contributed by atoms with Gasteiger partial charge >= 0.3 is 0 Å². The van der Waals surface area contributed by atoms with Gasteiger partial charge in [0, 0.05) is 6.54 Å². The molecule has 1 N–H and O–H groups in total. The Morgan fingerprint density at radius 3 is 2.50 bits per heavy atom. The van der Waals surface area contributed by atoms with E-state index in [0.29, 0.717) is 6.54 Å². The van der Waals surface area contributed by atoms with Gasteiger partial charge in [-0.1, -0.05) is 66.7 Å². The third-order valence-electron chi connectivity index (χ3n) is 4.42. The number of rotatable bonds is 5. The van der Waals surface area contributed by atoms with Crippen molar-refractivity contribution in [3.8, 4) is 11.1 Å². The van der Waals surface area contributed by atoms with Gasteiger partial charge in [-0.3, -0.25) is 4.79 Å². The predicted molar refractivity (Wildman–Crippen MR) is 103 cm³/mol. The van der Waals surface area contributed by atoms with Crippen molar-refractivity contribution in [2.24, 2.45) is 0 Å². The highest BCUT2D eigenvalue weighted by Crippen LogP contribution is 2.23. The molecule has 3 aromatic carbocycles. The summed E-state index contributed by atoms with van der Waals surface area (Å²) in [5, 5.41) is 3.02. The standard InChI is InChI=1S/C22H19N3O/c26-22(15-25-16-24-20-12-6-7-13-21(20)25)23-14-18-10-4-5-11-19(18)17-8-2-1-3-9-17/h1-13,16H,14-15H2,(H,23,26). The normalized spacial score (nSPS) is 10.8. The van der Waals surface area contributed by atoms with Crippen LogP contribution in [0.3, 0.4) is 0 Å². The van der Waals surface area contributed by atoms with Crippen molar-refractivity contribution in [2.45, 2.75) is 13.1 Å². The lowest BCUT2D eigenvalue weighted by atomic mass is 10.00. The van der Waals surface area contributed by atoms with Gasteiger partial charge < -0.3 is 9.88 Å².